The fourth-order valence-electron chi connectivity index (χ4n) is 2.42. The highest BCUT2D eigenvalue weighted by Gasteiger charge is 2.30. The minimum Gasteiger partial charge on any atom is -0.463 e. The van der Waals surface area contributed by atoms with Crippen molar-refractivity contribution in [1.82, 2.24) is 0 Å². The fourth-order valence-corrected chi connectivity index (χ4v) is 2.42. The lowest BCUT2D eigenvalue weighted by Crippen LogP contribution is -2.41. The van der Waals surface area contributed by atoms with Crippen LogP contribution in [-0.4, -0.2) is 36.9 Å². The number of hydrogen-bond acceptors (Lipinski definition) is 5. The van der Waals surface area contributed by atoms with Gasteiger partial charge < -0.3 is 14.2 Å². The Bertz CT molecular complexity index is 576. The summed E-state index contributed by atoms with van der Waals surface area (Å²) in [6.45, 7) is 4.78. The van der Waals surface area contributed by atoms with Crippen LogP contribution < -0.4 is 0 Å². The minimum absolute atomic E-state index is 0.0576. The molecule has 0 aromatic heterocycles. The van der Waals surface area contributed by atoms with Gasteiger partial charge in [0.05, 0.1) is 6.10 Å². The van der Waals surface area contributed by atoms with Crippen molar-refractivity contribution >= 4 is 11.9 Å². The fraction of sp³-hybridized carbons (Fsp3) is 0.444. The number of carbonyl (C=O) groups excluding carboxylic acids is 2. The number of benzene rings is 1. The Morgan fingerprint density at radius 2 is 1.78 bits per heavy atom. The molecule has 1 aromatic carbocycles. The summed E-state index contributed by atoms with van der Waals surface area (Å²) in [5.74, 6) is -0.784. The van der Waals surface area contributed by atoms with Crippen molar-refractivity contribution in [2.45, 2.75) is 45.5 Å². The monoisotopic (exact) mass is 318 g/mol. The third-order valence-electron chi connectivity index (χ3n) is 3.54. The first-order chi connectivity index (χ1) is 10.9. The summed E-state index contributed by atoms with van der Waals surface area (Å²) in [5, 5.41) is 0. The molecule has 1 aromatic rings. The Morgan fingerprint density at radius 3 is 2.39 bits per heavy atom. The van der Waals surface area contributed by atoms with Gasteiger partial charge in [-0.1, -0.05) is 35.9 Å². The van der Waals surface area contributed by atoms with Gasteiger partial charge in [0.25, 0.3) is 0 Å². The molecule has 0 bridgehead atoms. The van der Waals surface area contributed by atoms with Crippen molar-refractivity contribution < 1.29 is 23.8 Å². The van der Waals surface area contributed by atoms with E-state index in [0.29, 0.717) is 6.42 Å². The molecule has 0 fully saturated rings. The molecule has 23 heavy (non-hydrogen) atoms. The second-order valence-corrected chi connectivity index (χ2v) is 5.66. The third-order valence-corrected chi connectivity index (χ3v) is 3.54. The van der Waals surface area contributed by atoms with Crippen molar-refractivity contribution in [3.63, 3.8) is 0 Å². The van der Waals surface area contributed by atoms with Gasteiger partial charge in [-0.25, -0.2) is 0 Å². The molecule has 0 unspecified atom stereocenters. The smallest absolute Gasteiger partial charge is 0.303 e. The van der Waals surface area contributed by atoms with Crippen LogP contribution in [0.3, 0.4) is 0 Å². The third kappa shape index (κ3) is 5.53. The maximum Gasteiger partial charge on any atom is 0.303 e. The van der Waals surface area contributed by atoms with Crippen molar-refractivity contribution in [1.29, 1.82) is 0 Å². The molecule has 0 saturated carbocycles. The molecule has 1 heterocycles. The molecule has 5 heteroatoms. The van der Waals surface area contributed by atoms with Crippen molar-refractivity contribution in [2.75, 3.05) is 6.61 Å². The van der Waals surface area contributed by atoms with Crippen LogP contribution in [-0.2, 0) is 30.2 Å². The number of esters is 2. The molecule has 0 amide bonds. The molecular weight excluding hydrogens is 296 g/mol. The predicted octanol–water partition coefficient (Wildman–Crippen LogP) is 2.36. The van der Waals surface area contributed by atoms with Crippen LogP contribution in [0.5, 0.6) is 0 Å². The zero-order valence-electron chi connectivity index (χ0n) is 13.7. The Kier molecular flexibility index (Phi) is 5.93. The molecule has 0 spiro atoms. The Labute approximate surface area is 136 Å². The lowest BCUT2D eigenvalue weighted by molar-refractivity contribution is -0.163. The summed E-state index contributed by atoms with van der Waals surface area (Å²) >= 11 is 0. The van der Waals surface area contributed by atoms with E-state index in [1.165, 1.54) is 19.4 Å². The van der Waals surface area contributed by atoms with E-state index in [4.69, 9.17) is 14.2 Å². The van der Waals surface area contributed by atoms with Crippen LogP contribution in [0.2, 0.25) is 0 Å². The summed E-state index contributed by atoms with van der Waals surface area (Å²) in [6.07, 6.45) is 3.21. The molecule has 0 saturated heterocycles. The summed E-state index contributed by atoms with van der Waals surface area (Å²) in [6, 6.07) is 8.23. The first-order valence-electron chi connectivity index (χ1n) is 7.64. The average Bonchev–Trinajstić information content (AvgIpc) is 2.49. The average molecular weight is 318 g/mol. The first kappa shape index (κ1) is 17.2. The van der Waals surface area contributed by atoms with Crippen LogP contribution in [0.4, 0.5) is 0 Å². The highest BCUT2D eigenvalue weighted by atomic mass is 16.6. The summed E-state index contributed by atoms with van der Waals surface area (Å²) in [5.41, 5.74) is 2.36. The van der Waals surface area contributed by atoms with Gasteiger partial charge in [-0.3, -0.25) is 9.59 Å². The standard InChI is InChI=1S/C18H22O5/c1-12-4-6-15(7-5-12)10-16-8-9-17(22-14(3)20)18(23-16)11-21-13(2)19/h4-9,16-18H,10-11H2,1-3H3/t16-,17-,18+/m0/s1. The molecule has 3 atom stereocenters. The van der Waals surface area contributed by atoms with Gasteiger partial charge in [0.15, 0.2) is 0 Å². The second kappa shape index (κ2) is 7.92. The highest BCUT2D eigenvalue weighted by Crippen LogP contribution is 2.20. The van der Waals surface area contributed by atoms with Gasteiger partial charge in [0, 0.05) is 20.3 Å². The van der Waals surface area contributed by atoms with Crippen LogP contribution in [0.25, 0.3) is 0 Å². The molecule has 1 aliphatic rings. The van der Waals surface area contributed by atoms with Crippen LogP contribution in [0.15, 0.2) is 36.4 Å². The predicted molar refractivity (Wildman–Crippen MR) is 84.9 cm³/mol. The lowest BCUT2D eigenvalue weighted by atomic mass is 10.0. The van der Waals surface area contributed by atoms with E-state index in [2.05, 4.69) is 24.3 Å². The van der Waals surface area contributed by atoms with Crippen LogP contribution in [0, 0.1) is 6.92 Å². The topological polar surface area (TPSA) is 61.8 Å². The van der Waals surface area contributed by atoms with E-state index >= 15 is 0 Å². The molecule has 0 radical (unpaired) electrons. The Morgan fingerprint density at radius 1 is 1.09 bits per heavy atom. The number of carbonyl (C=O) groups is 2. The molecule has 124 valence electrons. The van der Waals surface area contributed by atoms with E-state index in [1.807, 2.05) is 13.0 Å². The molecule has 0 N–H and O–H groups in total. The van der Waals surface area contributed by atoms with E-state index in [0.717, 1.165) is 5.56 Å². The summed E-state index contributed by atoms with van der Waals surface area (Å²) in [4.78, 5) is 22.2. The summed E-state index contributed by atoms with van der Waals surface area (Å²) in [7, 11) is 0. The SMILES string of the molecule is CC(=O)OC[C@H]1O[C@H](Cc2ccc(C)cc2)C=C[C@@H]1OC(C)=O. The van der Waals surface area contributed by atoms with Gasteiger partial charge in [-0.05, 0) is 18.6 Å². The first-order valence-corrected chi connectivity index (χ1v) is 7.64. The van der Waals surface area contributed by atoms with Gasteiger partial charge in [-0.2, -0.15) is 0 Å². The zero-order valence-corrected chi connectivity index (χ0v) is 13.7. The maximum atomic E-state index is 11.2. The minimum atomic E-state index is -0.541. The van der Waals surface area contributed by atoms with Gasteiger partial charge in [0.1, 0.15) is 18.8 Å². The maximum absolute atomic E-state index is 11.2. The van der Waals surface area contributed by atoms with Crippen LogP contribution in [0.1, 0.15) is 25.0 Å². The van der Waals surface area contributed by atoms with E-state index in [9.17, 15) is 9.59 Å². The van der Waals surface area contributed by atoms with Crippen molar-refractivity contribution in [3.05, 3.63) is 47.5 Å². The van der Waals surface area contributed by atoms with Gasteiger partial charge in [-0.15, -0.1) is 0 Å². The molecule has 0 aliphatic carbocycles. The number of hydrogen-bond donors (Lipinski definition) is 0. The highest BCUT2D eigenvalue weighted by molar-refractivity contribution is 5.66. The molecular formula is C18H22O5. The molecule has 5 nitrogen and oxygen atoms in total. The molecule has 2 rings (SSSR count). The van der Waals surface area contributed by atoms with Crippen molar-refractivity contribution in [2.24, 2.45) is 0 Å². The number of ether oxygens (including phenoxy) is 3. The normalized spacial score (nSPS) is 23.3. The Balaban J connectivity index is 2.03. The van der Waals surface area contributed by atoms with Gasteiger partial charge in [0.2, 0.25) is 0 Å². The largest absolute Gasteiger partial charge is 0.463 e. The van der Waals surface area contributed by atoms with Crippen LogP contribution >= 0.6 is 0 Å². The number of rotatable bonds is 5. The van der Waals surface area contributed by atoms with E-state index < -0.39 is 18.2 Å². The van der Waals surface area contributed by atoms with Gasteiger partial charge >= 0.3 is 11.9 Å². The lowest BCUT2D eigenvalue weighted by Gasteiger charge is -2.31. The number of aryl methyl sites for hydroxylation is 1. The second-order valence-electron chi connectivity index (χ2n) is 5.66. The van der Waals surface area contributed by atoms with Crippen molar-refractivity contribution in [3.8, 4) is 0 Å². The summed E-state index contributed by atoms with van der Waals surface area (Å²) < 4.78 is 16.2. The zero-order chi connectivity index (χ0) is 16.8. The van der Waals surface area contributed by atoms with E-state index in [-0.39, 0.29) is 18.7 Å². The van der Waals surface area contributed by atoms with E-state index in [1.54, 1.807) is 6.08 Å². The quantitative estimate of drug-likeness (QED) is 0.616. The Hall–Kier alpha value is -2.14. The molecule has 1 aliphatic heterocycles.